The monoisotopic (exact) mass is 200 g/mol. The van der Waals surface area contributed by atoms with E-state index in [2.05, 4.69) is 38.7 Å². The average Bonchev–Trinajstić information content (AvgIpc) is 2.16. The molecular weight excluding hydrogens is 176 g/mol. The van der Waals surface area contributed by atoms with Gasteiger partial charge in [-0.1, -0.05) is 53.9 Å². The van der Waals surface area contributed by atoms with Crippen molar-refractivity contribution in [3.05, 3.63) is 25.3 Å². The minimum absolute atomic E-state index is 0.255. The van der Waals surface area contributed by atoms with Crippen LogP contribution in [0.4, 0.5) is 0 Å². The summed E-state index contributed by atoms with van der Waals surface area (Å²) in [7, 11) is 0. The fourth-order valence-corrected chi connectivity index (χ4v) is 0.200. The van der Waals surface area contributed by atoms with E-state index in [0.29, 0.717) is 0 Å². The summed E-state index contributed by atoms with van der Waals surface area (Å²) < 4.78 is 4.47. The predicted molar refractivity (Wildman–Crippen MR) is 63.2 cm³/mol. The molecule has 0 unspecified atom stereocenters. The second-order valence-electron chi connectivity index (χ2n) is 2.85. The number of carbonyl (C=O) groups is 1. The lowest BCUT2D eigenvalue weighted by Gasteiger charge is -1.92. The van der Waals surface area contributed by atoms with Crippen LogP contribution in [0.15, 0.2) is 25.3 Å². The largest absolute Gasteiger partial charge is 0.458 e. The molecule has 0 radical (unpaired) electrons. The van der Waals surface area contributed by atoms with Crippen molar-refractivity contribution in [1.82, 2.24) is 0 Å². The summed E-state index contributed by atoms with van der Waals surface area (Å²) in [6.07, 6.45) is 2.62. The Morgan fingerprint density at radius 3 is 1.86 bits per heavy atom. The van der Waals surface area contributed by atoms with E-state index >= 15 is 0 Å². The van der Waals surface area contributed by atoms with Crippen LogP contribution in [0, 0.1) is 5.92 Å². The molecule has 0 heterocycles. The van der Waals surface area contributed by atoms with E-state index < -0.39 is 5.97 Å². The van der Waals surface area contributed by atoms with Gasteiger partial charge in [-0.05, 0) is 5.92 Å². The molecule has 0 spiro atoms. The van der Waals surface area contributed by atoms with Gasteiger partial charge >= 0.3 is 5.97 Å². The molecule has 0 aromatic heterocycles. The van der Waals surface area contributed by atoms with Crippen molar-refractivity contribution in [1.29, 1.82) is 0 Å². The Bertz CT molecular complexity index is 135. The van der Waals surface area contributed by atoms with Crippen molar-refractivity contribution in [3.63, 3.8) is 0 Å². The first-order valence-electron chi connectivity index (χ1n) is 4.94. The minimum atomic E-state index is -0.412. The number of hydrogen-bond donors (Lipinski definition) is 0. The van der Waals surface area contributed by atoms with Gasteiger partial charge in [-0.25, -0.2) is 4.79 Å². The highest BCUT2D eigenvalue weighted by atomic mass is 16.5. The highest BCUT2D eigenvalue weighted by Gasteiger charge is 1.87. The van der Waals surface area contributed by atoms with Crippen molar-refractivity contribution in [2.24, 2.45) is 5.92 Å². The van der Waals surface area contributed by atoms with Crippen LogP contribution in [0.25, 0.3) is 0 Å². The molecule has 14 heavy (non-hydrogen) atoms. The molecule has 0 rings (SSSR count). The molecule has 0 aliphatic rings. The maximum absolute atomic E-state index is 10.2. The van der Waals surface area contributed by atoms with Gasteiger partial charge < -0.3 is 4.74 Å². The molecule has 84 valence electrons. The third-order valence-electron chi connectivity index (χ3n) is 0.510. The van der Waals surface area contributed by atoms with Crippen LogP contribution in [-0.2, 0) is 9.53 Å². The SMILES string of the molecule is C=CCOC(=O)C=C.CC.CC(C)C. The third-order valence-corrected chi connectivity index (χ3v) is 0.510. The van der Waals surface area contributed by atoms with Gasteiger partial charge in [0.25, 0.3) is 0 Å². The zero-order chi connectivity index (χ0) is 12.0. The molecule has 0 aromatic rings. The Kier molecular flexibility index (Phi) is 23.9. The number of ether oxygens (including phenoxy) is 1. The standard InChI is InChI=1S/C6H8O2.C4H10.C2H6/c1-3-5-8-6(7)4-2;1-4(2)3;1-2/h3-4H,1-2,5H2;4H,1-3H3;1-2H3. The first-order chi connectivity index (χ1) is 6.54. The summed E-state index contributed by atoms with van der Waals surface area (Å²) in [6, 6.07) is 0. The molecule has 0 fully saturated rings. The van der Waals surface area contributed by atoms with Gasteiger partial charge in [0.1, 0.15) is 6.61 Å². The van der Waals surface area contributed by atoms with Gasteiger partial charge in [-0.2, -0.15) is 0 Å². The van der Waals surface area contributed by atoms with Crippen LogP contribution in [0.5, 0.6) is 0 Å². The fraction of sp³-hybridized carbons (Fsp3) is 0.583. The summed E-state index contributed by atoms with van der Waals surface area (Å²) in [4.78, 5) is 10.2. The molecule has 0 amide bonds. The number of rotatable bonds is 3. The van der Waals surface area contributed by atoms with Gasteiger partial charge in [0.15, 0.2) is 0 Å². The second kappa shape index (κ2) is 17.9. The zero-order valence-electron chi connectivity index (χ0n) is 10.2. The smallest absolute Gasteiger partial charge is 0.330 e. The Morgan fingerprint density at radius 2 is 1.64 bits per heavy atom. The van der Waals surface area contributed by atoms with E-state index in [9.17, 15) is 4.79 Å². The molecule has 2 heteroatoms. The van der Waals surface area contributed by atoms with E-state index in [1.807, 2.05) is 13.8 Å². The summed E-state index contributed by atoms with van der Waals surface area (Å²) >= 11 is 0. The first kappa shape index (κ1) is 18.7. The topological polar surface area (TPSA) is 26.3 Å². The lowest BCUT2D eigenvalue weighted by molar-refractivity contribution is -0.136. The maximum Gasteiger partial charge on any atom is 0.330 e. The van der Waals surface area contributed by atoms with Gasteiger partial charge in [0.05, 0.1) is 0 Å². The van der Waals surface area contributed by atoms with Crippen molar-refractivity contribution in [3.8, 4) is 0 Å². The van der Waals surface area contributed by atoms with Crippen LogP contribution in [-0.4, -0.2) is 12.6 Å². The van der Waals surface area contributed by atoms with E-state index in [0.717, 1.165) is 12.0 Å². The summed E-state index contributed by atoms with van der Waals surface area (Å²) in [5.41, 5.74) is 0. The molecule has 0 aliphatic heterocycles. The molecule has 0 atom stereocenters. The molecule has 0 N–H and O–H groups in total. The highest BCUT2D eigenvalue weighted by Crippen LogP contribution is 1.81. The summed E-state index contributed by atoms with van der Waals surface area (Å²) in [5.74, 6) is 0.421. The number of esters is 1. The van der Waals surface area contributed by atoms with Crippen molar-refractivity contribution in [2.75, 3.05) is 6.61 Å². The van der Waals surface area contributed by atoms with Crippen LogP contribution in [0.2, 0.25) is 0 Å². The van der Waals surface area contributed by atoms with E-state index in [4.69, 9.17) is 0 Å². The molecule has 2 nitrogen and oxygen atoms in total. The van der Waals surface area contributed by atoms with Gasteiger partial charge in [-0.3, -0.25) is 0 Å². The predicted octanol–water partition coefficient (Wildman–Crippen LogP) is 3.59. The lowest BCUT2D eigenvalue weighted by Crippen LogP contribution is -1.98. The Morgan fingerprint density at radius 1 is 1.29 bits per heavy atom. The van der Waals surface area contributed by atoms with Crippen LogP contribution >= 0.6 is 0 Å². The van der Waals surface area contributed by atoms with Crippen LogP contribution < -0.4 is 0 Å². The van der Waals surface area contributed by atoms with Crippen molar-refractivity contribution < 1.29 is 9.53 Å². The molecule has 0 saturated carbocycles. The molecule has 0 saturated heterocycles. The molecule has 0 aliphatic carbocycles. The number of hydrogen-bond acceptors (Lipinski definition) is 2. The fourth-order valence-electron chi connectivity index (χ4n) is 0.200. The van der Waals surface area contributed by atoms with Crippen LogP contribution in [0.3, 0.4) is 0 Å². The molecule has 0 bridgehead atoms. The first-order valence-corrected chi connectivity index (χ1v) is 4.94. The zero-order valence-corrected chi connectivity index (χ0v) is 10.2. The van der Waals surface area contributed by atoms with E-state index in [-0.39, 0.29) is 6.61 Å². The Hall–Kier alpha value is -1.05. The van der Waals surface area contributed by atoms with Gasteiger partial charge in [0.2, 0.25) is 0 Å². The van der Waals surface area contributed by atoms with E-state index in [1.165, 1.54) is 6.08 Å². The van der Waals surface area contributed by atoms with Gasteiger partial charge in [0, 0.05) is 6.08 Å². The second-order valence-corrected chi connectivity index (χ2v) is 2.85. The Labute approximate surface area is 88.7 Å². The molecule has 0 aromatic carbocycles. The summed E-state index contributed by atoms with van der Waals surface area (Å²) in [5, 5.41) is 0. The normalized spacial score (nSPS) is 7.29. The lowest BCUT2D eigenvalue weighted by atomic mass is 10.3. The average molecular weight is 200 g/mol. The van der Waals surface area contributed by atoms with Crippen LogP contribution in [0.1, 0.15) is 34.6 Å². The highest BCUT2D eigenvalue weighted by molar-refractivity contribution is 5.81. The van der Waals surface area contributed by atoms with Gasteiger partial charge in [-0.15, -0.1) is 0 Å². The maximum atomic E-state index is 10.2. The van der Waals surface area contributed by atoms with Crippen molar-refractivity contribution in [2.45, 2.75) is 34.6 Å². The third kappa shape index (κ3) is 44.2. The quantitative estimate of drug-likeness (QED) is 0.395. The Balaban J connectivity index is -0.000000170. The summed E-state index contributed by atoms with van der Waals surface area (Å²) in [6.45, 7) is 17.3. The van der Waals surface area contributed by atoms with E-state index in [1.54, 1.807) is 0 Å². The molecular formula is C12H24O2. The minimum Gasteiger partial charge on any atom is -0.458 e. The number of carbonyl (C=O) groups excluding carboxylic acids is 1. The van der Waals surface area contributed by atoms with Crippen molar-refractivity contribution >= 4 is 5.97 Å².